The van der Waals surface area contributed by atoms with Crippen LogP contribution >= 0.6 is 11.6 Å². The van der Waals surface area contributed by atoms with Crippen LogP contribution in [0.15, 0.2) is 66.7 Å². The Hall–Kier alpha value is -2.97. The molecule has 0 aliphatic carbocycles. The van der Waals surface area contributed by atoms with E-state index < -0.39 is 27.6 Å². The topological polar surface area (TPSA) is 66.5 Å². The van der Waals surface area contributed by atoms with E-state index in [0.29, 0.717) is 5.69 Å². The summed E-state index contributed by atoms with van der Waals surface area (Å²) in [6.07, 6.45) is 1.02. The van der Waals surface area contributed by atoms with Gasteiger partial charge in [0.05, 0.1) is 23.5 Å². The van der Waals surface area contributed by atoms with Crippen molar-refractivity contribution in [2.24, 2.45) is 0 Å². The number of carbonyl (C=O) groups excluding carboxylic acids is 1. The van der Waals surface area contributed by atoms with Crippen LogP contribution in [0.2, 0.25) is 5.02 Å². The minimum absolute atomic E-state index is 0.125. The highest BCUT2D eigenvalue weighted by atomic mass is 35.5. The molecule has 0 aromatic heterocycles. The van der Waals surface area contributed by atoms with E-state index in [1.807, 2.05) is 0 Å². The zero-order chi connectivity index (χ0) is 21.9. The van der Waals surface area contributed by atoms with Crippen LogP contribution in [0, 0.1) is 11.6 Å². The van der Waals surface area contributed by atoms with Crippen molar-refractivity contribution in [1.29, 1.82) is 0 Å². The molecule has 0 unspecified atom stereocenters. The van der Waals surface area contributed by atoms with Gasteiger partial charge in [-0.25, -0.2) is 17.2 Å². The average Bonchev–Trinajstić information content (AvgIpc) is 2.69. The third-order valence-electron chi connectivity index (χ3n) is 4.27. The minimum Gasteiger partial charge on any atom is -0.322 e. The largest absolute Gasteiger partial charge is 0.322 e. The minimum atomic E-state index is -3.71. The highest BCUT2D eigenvalue weighted by Gasteiger charge is 2.20. The number of nitrogens with zero attached hydrogens (tertiary/aromatic N) is 1. The van der Waals surface area contributed by atoms with Crippen LogP contribution in [-0.2, 0) is 16.6 Å². The van der Waals surface area contributed by atoms with Crippen molar-refractivity contribution in [1.82, 2.24) is 0 Å². The summed E-state index contributed by atoms with van der Waals surface area (Å²) in [7, 11) is -3.71. The second-order valence-corrected chi connectivity index (χ2v) is 8.80. The van der Waals surface area contributed by atoms with Crippen LogP contribution in [0.3, 0.4) is 0 Å². The van der Waals surface area contributed by atoms with Crippen LogP contribution in [0.1, 0.15) is 15.9 Å². The van der Waals surface area contributed by atoms with Gasteiger partial charge in [0.25, 0.3) is 5.91 Å². The Kier molecular flexibility index (Phi) is 6.38. The smallest absolute Gasteiger partial charge is 0.255 e. The maximum atomic E-state index is 14.0. The molecule has 0 radical (unpaired) electrons. The Morgan fingerprint density at radius 3 is 2.27 bits per heavy atom. The first-order chi connectivity index (χ1) is 14.1. The SMILES string of the molecule is CS(=O)(=O)N(Cc1ccccc1F)c1ccc(C(=O)Nc2ccc(F)c(Cl)c2)cc1. The molecule has 156 valence electrons. The lowest BCUT2D eigenvalue weighted by atomic mass is 10.1. The number of nitrogens with one attached hydrogen (secondary N) is 1. The number of rotatable bonds is 6. The van der Waals surface area contributed by atoms with Crippen molar-refractivity contribution in [3.8, 4) is 0 Å². The molecule has 0 bridgehead atoms. The number of benzene rings is 3. The van der Waals surface area contributed by atoms with E-state index in [4.69, 9.17) is 11.6 Å². The first-order valence-electron chi connectivity index (χ1n) is 8.73. The van der Waals surface area contributed by atoms with Gasteiger partial charge in [-0.1, -0.05) is 29.8 Å². The van der Waals surface area contributed by atoms with Crippen LogP contribution in [0.25, 0.3) is 0 Å². The first kappa shape index (κ1) is 21.7. The number of hydrogen-bond acceptors (Lipinski definition) is 3. The Bertz CT molecular complexity index is 1190. The van der Waals surface area contributed by atoms with Gasteiger partial charge in [-0.2, -0.15) is 0 Å². The lowest BCUT2D eigenvalue weighted by Gasteiger charge is -2.23. The molecule has 0 atom stereocenters. The van der Waals surface area contributed by atoms with Crippen LogP contribution in [-0.4, -0.2) is 20.6 Å². The molecule has 0 fully saturated rings. The number of hydrogen-bond donors (Lipinski definition) is 1. The lowest BCUT2D eigenvalue weighted by molar-refractivity contribution is 0.102. The van der Waals surface area contributed by atoms with E-state index in [1.54, 1.807) is 6.07 Å². The van der Waals surface area contributed by atoms with Crippen LogP contribution in [0.5, 0.6) is 0 Å². The maximum absolute atomic E-state index is 14.0. The summed E-state index contributed by atoms with van der Waals surface area (Å²) in [6.45, 7) is -0.189. The van der Waals surface area contributed by atoms with Crippen molar-refractivity contribution in [2.45, 2.75) is 6.54 Å². The number of sulfonamides is 1. The summed E-state index contributed by atoms with van der Waals surface area (Å²) in [5.74, 6) is -1.60. The summed E-state index contributed by atoms with van der Waals surface area (Å²) in [5.41, 5.74) is 1.06. The predicted molar refractivity (Wildman–Crippen MR) is 113 cm³/mol. The maximum Gasteiger partial charge on any atom is 0.255 e. The van der Waals surface area contributed by atoms with Gasteiger partial charge in [-0.15, -0.1) is 0 Å². The van der Waals surface area contributed by atoms with E-state index in [0.717, 1.165) is 16.6 Å². The standard InChI is InChI=1S/C21H17ClF2N2O3S/c1-30(28,29)26(13-15-4-2-3-5-19(15)23)17-9-6-14(7-10-17)21(27)25-16-8-11-20(24)18(22)12-16/h2-12H,13H2,1H3,(H,25,27). The van der Waals surface area contributed by atoms with Gasteiger partial charge in [0.15, 0.2) is 0 Å². The molecule has 30 heavy (non-hydrogen) atoms. The zero-order valence-corrected chi connectivity index (χ0v) is 17.3. The Morgan fingerprint density at radius 1 is 1.00 bits per heavy atom. The van der Waals surface area contributed by atoms with E-state index >= 15 is 0 Å². The van der Waals surface area contributed by atoms with Gasteiger partial charge >= 0.3 is 0 Å². The molecule has 3 aromatic rings. The van der Waals surface area contributed by atoms with Gasteiger partial charge in [0.1, 0.15) is 11.6 Å². The summed E-state index contributed by atoms with van der Waals surface area (Å²) >= 11 is 5.70. The molecule has 1 N–H and O–H groups in total. The molecular weight excluding hydrogens is 434 g/mol. The molecule has 9 heteroatoms. The summed E-state index contributed by atoms with van der Waals surface area (Å²) in [5, 5.41) is 2.46. The van der Waals surface area contributed by atoms with Crippen molar-refractivity contribution >= 4 is 38.9 Å². The molecule has 1 amide bonds. The van der Waals surface area contributed by atoms with Crippen molar-refractivity contribution in [2.75, 3.05) is 15.9 Å². The second-order valence-electron chi connectivity index (χ2n) is 6.49. The third kappa shape index (κ3) is 5.14. The normalized spacial score (nSPS) is 11.2. The highest BCUT2D eigenvalue weighted by Crippen LogP contribution is 2.23. The van der Waals surface area contributed by atoms with Crippen LogP contribution in [0.4, 0.5) is 20.2 Å². The van der Waals surface area contributed by atoms with Gasteiger partial charge in [-0.05, 0) is 48.5 Å². The fraction of sp³-hybridized carbons (Fsp3) is 0.0952. The first-order valence-corrected chi connectivity index (χ1v) is 11.0. The van der Waals surface area contributed by atoms with Gasteiger partial charge in [0, 0.05) is 16.8 Å². The molecule has 3 aromatic carbocycles. The van der Waals surface area contributed by atoms with Crippen molar-refractivity contribution in [3.63, 3.8) is 0 Å². The summed E-state index contributed by atoms with van der Waals surface area (Å²) < 4.78 is 52.8. The Labute approximate surface area is 178 Å². The van der Waals surface area contributed by atoms with Crippen molar-refractivity contribution < 1.29 is 22.0 Å². The summed E-state index contributed by atoms with van der Waals surface area (Å²) in [6, 6.07) is 15.5. The quantitative estimate of drug-likeness (QED) is 0.584. The van der Waals surface area contributed by atoms with Crippen molar-refractivity contribution in [3.05, 3.63) is 94.5 Å². The van der Waals surface area contributed by atoms with E-state index in [1.165, 1.54) is 54.6 Å². The Morgan fingerprint density at radius 2 is 1.67 bits per heavy atom. The second kappa shape index (κ2) is 8.81. The fourth-order valence-electron chi connectivity index (χ4n) is 2.74. The molecule has 0 aliphatic heterocycles. The molecule has 0 saturated carbocycles. The Balaban J connectivity index is 1.81. The number of carbonyl (C=O) groups is 1. The molecule has 3 rings (SSSR count). The molecule has 0 saturated heterocycles. The number of anilines is 2. The fourth-order valence-corrected chi connectivity index (χ4v) is 3.80. The van der Waals surface area contributed by atoms with E-state index in [-0.39, 0.29) is 28.4 Å². The third-order valence-corrected chi connectivity index (χ3v) is 5.70. The van der Waals surface area contributed by atoms with E-state index in [9.17, 15) is 22.0 Å². The lowest BCUT2D eigenvalue weighted by Crippen LogP contribution is -2.29. The molecule has 5 nitrogen and oxygen atoms in total. The average molecular weight is 451 g/mol. The predicted octanol–water partition coefficient (Wildman–Crippen LogP) is 4.84. The molecule has 0 spiro atoms. The monoisotopic (exact) mass is 450 g/mol. The van der Waals surface area contributed by atoms with Gasteiger partial charge in [0.2, 0.25) is 10.0 Å². The molecule has 0 aliphatic rings. The number of halogens is 3. The summed E-state index contributed by atoms with van der Waals surface area (Å²) in [4.78, 5) is 12.4. The molecular formula is C21H17ClF2N2O3S. The highest BCUT2D eigenvalue weighted by molar-refractivity contribution is 7.92. The van der Waals surface area contributed by atoms with Gasteiger partial charge in [-0.3, -0.25) is 9.10 Å². The van der Waals surface area contributed by atoms with Gasteiger partial charge < -0.3 is 5.32 Å². The molecule has 0 heterocycles. The van der Waals surface area contributed by atoms with E-state index in [2.05, 4.69) is 5.32 Å². The number of amides is 1. The van der Waals surface area contributed by atoms with Crippen LogP contribution < -0.4 is 9.62 Å². The zero-order valence-electron chi connectivity index (χ0n) is 15.8.